The van der Waals surface area contributed by atoms with Crippen LogP contribution < -0.4 is 0 Å². The molecule has 1 saturated heterocycles. The Kier molecular flexibility index (Phi) is 3.73. The zero-order valence-electron chi connectivity index (χ0n) is 11.0. The van der Waals surface area contributed by atoms with Gasteiger partial charge >= 0.3 is 11.9 Å². The molecule has 1 aliphatic carbocycles. The summed E-state index contributed by atoms with van der Waals surface area (Å²) >= 11 is 0. The van der Waals surface area contributed by atoms with E-state index in [1.165, 1.54) is 20.0 Å². The molecule has 0 amide bonds. The van der Waals surface area contributed by atoms with Gasteiger partial charge in [-0.25, -0.2) is 0 Å². The summed E-state index contributed by atoms with van der Waals surface area (Å²) < 4.78 is 9.69. The van der Waals surface area contributed by atoms with E-state index < -0.39 is 17.4 Å². The fraction of sp³-hybridized carbons (Fsp3) is 0.714. The Morgan fingerprint density at radius 3 is 3.00 bits per heavy atom. The number of ether oxygens (including phenoxy) is 2. The summed E-state index contributed by atoms with van der Waals surface area (Å²) in [6.45, 7) is 2.51. The summed E-state index contributed by atoms with van der Waals surface area (Å²) in [5.41, 5.74) is -1.02. The molecule has 18 heavy (non-hydrogen) atoms. The molecule has 2 rings (SSSR count). The second kappa shape index (κ2) is 5.12. The van der Waals surface area contributed by atoms with Crippen LogP contribution in [0.5, 0.6) is 0 Å². The number of unbranched alkanes of at least 4 members (excludes halogenated alkanes) is 3. The third-order valence-corrected chi connectivity index (χ3v) is 4.01. The summed E-state index contributed by atoms with van der Waals surface area (Å²) in [6.07, 6.45) is 8.64. The molecule has 1 aliphatic heterocycles. The van der Waals surface area contributed by atoms with Crippen molar-refractivity contribution < 1.29 is 19.1 Å². The van der Waals surface area contributed by atoms with Crippen molar-refractivity contribution in [2.45, 2.75) is 32.6 Å². The maximum atomic E-state index is 11.8. The van der Waals surface area contributed by atoms with Crippen LogP contribution in [0.1, 0.15) is 32.6 Å². The molecule has 3 atom stereocenters. The molecular weight excluding hydrogens is 232 g/mol. The molecule has 100 valence electrons. The summed E-state index contributed by atoms with van der Waals surface area (Å²) in [4.78, 5) is 23.5. The number of fused-ring (bicyclic) bond motifs is 1. The van der Waals surface area contributed by atoms with Crippen LogP contribution in [0.3, 0.4) is 0 Å². The number of hydrogen-bond donors (Lipinski definition) is 0. The third-order valence-electron chi connectivity index (χ3n) is 4.01. The number of methoxy groups -OCH3 is 1. The van der Waals surface area contributed by atoms with Gasteiger partial charge in [-0.05, 0) is 12.8 Å². The van der Waals surface area contributed by atoms with Crippen LogP contribution >= 0.6 is 0 Å². The van der Waals surface area contributed by atoms with E-state index in [1.54, 1.807) is 0 Å². The number of rotatable bonds is 6. The predicted molar refractivity (Wildman–Crippen MR) is 65.7 cm³/mol. The Bertz CT molecular complexity index is 374. The van der Waals surface area contributed by atoms with Gasteiger partial charge in [0.25, 0.3) is 0 Å². The highest BCUT2D eigenvalue weighted by atomic mass is 16.6. The van der Waals surface area contributed by atoms with E-state index >= 15 is 0 Å². The smallest absolute Gasteiger partial charge is 0.324 e. The molecule has 0 aromatic rings. The molecule has 1 heterocycles. The third kappa shape index (κ3) is 1.84. The number of carbonyl (C=O) groups is 2. The molecule has 4 nitrogen and oxygen atoms in total. The van der Waals surface area contributed by atoms with Gasteiger partial charge < -0.3 is 9.47 Å². The average molecular weight is 252 g/mol. The number of hydrogen-bond acceptors (Lipinski definition) is 4. The van der Waals surface area contributed by atoms with Crippen molar-refractivity contribution in [2.24, 2.45) is 17.3 Å². The molecular formula is C14H20O4. The second-order valence-corrected chi connectivity index (χ2v) is 5.02. The van der Waals surface area contributed by atoms with Crippen molar-refractivity contribution in [2.75, 3.05) is 13.7 Å². The Morgan fingerprint density at radius 1 is 1.56 bits per heavy atom. The molecule has 0 aromatic heterocycles. The molecule has 0 bridgehead atoms. The van der Waals surface area contributed by atoms with Crippen molar-refractivity contribution in [1.29, 1.82) is 0 Å². The highest BCUT2D eigenvalue weighted by molar-refractivity contribution is 6.06. The van der Waals surface area contributed by atoms with Gasteiger partial charge in [-0.1, -0.05) is 31.9 Å². The minimum atomic E-state index is -1.02. The van der Waals surface area contributed by atoms with Gasteiger partial charge in [-0.2, -0.15) is 0 Å². The van der Waals surface area contributed by atoms with E-state index in [0.29, 0.717) is 6.61 Å². The number of cyclic esters (lactones) is 1. The van der Waals surface area contributed by atoms with Crippen molar-refractivity contribution in [1.82, 2.24) is 0 Å². The fourth-order valence-electron chi connectivity index (χ4n) is 2.88. The van der Waals surface area contributed by atoms with Crippen molar-refractivity contribution in [3.05, 3.63) is 12.2 Å². The first-order valence-corrected chi connectivity index (χ1v) is 6.61. The van der Waals surface area contributed by atoms with E-state index in [4.69, 9.17) is 9.47 Å². The van der Waals surface area contributed by atoms with Gasteiger partial charge in [0, 0.05) is 11.8 Å². The normalized spacial score (nSPS) is 33.3. The first kappa shape index (κ1) is 13.1. The lowest BCUT2D eigenvalue weighted by Crippen LogP contribution is -2.28. The van der Waals surface area contributed by atoms with Crippen LogP contribution in [0.4, 0.5) is 0 Å². The number of carbonyl (C=O) groups excluding carboxylic acids is 2. The van der Waals surface area contributed by atoms with Gasteiger partial charge in [-0.3, -0.25) is 9.59 Å². The Morgan fingerprint density at radius 2 is 2.33 bits per heavy atom. The van der Waals surface area contributed by atoms with Gasteiger partial charge in [-0.15, -0.1) is 0 Å². The molecule has 0 aromatic carbocycles. The van der Waals surface area contributed by atoms with Crippen molar-refractivity contribution in [3.63, 3.8) is 0 Å². The zero-order chi connectivity index (χ0) is 13.2. The Balaban J connectivity index is 1.96. The summed E-state index contributed by atoms with van der Waals surface area (Å²) in [7, 11) is 1.32. The lowest BCUT2D eigenvalue weighted by molar-refractivity contribution is -0.159. The van der Waals surface area contributed by atoms with Gasteiger partial charge in [0.2, 0.25) is 0 Å². The average Bonchev–Trinajstić information content (AvgIpc) is 2.90. The van der Waals surface area contributed by atoms with E-state index in [1.807, 2.05) is 6.08 Å². The summed E-state index contributed by atoms with van der Waals surface area (Å²) in [6, 6.07) is 0. The monoisotopic (exact) mass is 252 g/mol. The summed E-state index contributed by atoms with van der Waals surface area (Å²) in [5, 5.41) is 0. The maximum absolute atomic E-state index is 11.8. The largest absolute Gasteiger partial charge is 0.468 e. The highest BCUT2D eigenvalue weighted by Crippen LogP contribution is 2.64. The van der Waals surface area contributed by atoms with E-state index in [2.05, 4.69) is 13.0 Å². The second-order valence-electron chi connectivity index (χ2n) is 5.02. The quantitative estimate of drug-likeness (QED) is 0.314. The molecule has 1 saturated carbocycles. The van der Waals surface area contributed by atoms with E-state index in [0.717, 1.165) is 12.8 Å². The molecule has 0 radical (unpaired) electrons. The Labute approximate surface area is 107 Å². The molecule has 2 aliphatic rings. The Hall–Kier alpha value is -1.32. The van der Waals surface area contributed by atoms with Crippen LogP contribution in [0.2, 0.25) is 0 Å². The van der Waals surface area contributed by atoms with Gasteiger partial charge in [0.1, 0.15) is 0 Å². The van der Waals surface area contributed by atoms with Crippen LogP contribution in [0, 0.1) is 17.3 Å². The first-order valence-electron chi connectivity index (χ1n) is 6.61. The SMILES string of the molecule is CCCCC/C=C/C1C2COC(=O)C12C(=O)OC. The van der Waals surface area contributed by atoms with Gasteiger partial charge in [0.05, 0.1) is 13.7 Å². The first-order chi connectivity index (χ1) is 8.69. The number of allylic oxidation sites excluding steroid dienone is 2. The highest BCUT2D eigenvalue weighted by Gasteiger charge is 2.79. The standard InChI is InChI=1S/C14H20O4/c1-3-4-5-6-7-8-10-11-9-18-13(16)14(10,11)12(15)17-2/h7-8,10-11H,3-6,9H2,1-2H3/b8-7+. The van der Waals surface area contributed by atoms with Crippen LogP contribution in [-0.2, 0) is 19.1 Å². The van der Waals surface area contributed by atoms with Crippen LogP contribution in [-0.4, -0.2) is 25.7 Å². The minimum Gasteiger partial charge on any atom is -0.468 e. The summed E-state index contributed by atoms with van der Waals surface area (Å²) in [5.74, 6) is -0.895. The maximum Gasteiger partial charge on any atom is 0.324 e. The molecule has 0 N–H and O–H groups in total. The van der Waals surface area contributed by atoms with Gasteiger partial charge in [0.15, 0.2) is 5.41 Å². The van der Waals surface area contributed by atoms with E-state index in [-0.39, 0.29) is 11.8 Å². The topological polar surface area (TPSA) is 52.6 Å². The zero-order valence-corrected chi connectivity index (χ0v) is 11.0. The number of esters is 2. The molecule has 2 fully saturated rings. The van der Waals surface area contributed by atoms with E-state index in [9.17, 15) is 9.59 Å². The minimum absolute atomic E-state index is 0.0140. The molecule has 0 spiro atoms. The molecule has 3 unspecified atom stereocenters. The predicted octanol–water partition coefficient (Wildman–Crippen LogP) is 2.09. The van der Waals surface area contributed by atoms with Crippen LogP contribution in [0.25, 0.3) is 0 Å². The lowest BCUT2D eigenvalue weighted by Gasteiger charge is -2.08. The lowest BCUT2D eigenvalue weighted by atomic mass is 10.0. The molecule has 4 heteroatoms. The fourth-order valence-corrected chi connectivity index (χ4v) is 2.88. The van der Waals surface area contributed by atoms with Crippen LogP contribution in [0.15, 0.2) is 12.2 Å². The van der Waals surface area contributed by atoms with Crippen molar-refractivity contribution >= 4 is 11.9 Å². The van der Waals surface area contributed by atoms with Crippen molar-refractivity contribution in [3.8, 4) is 0 Å².